The lowest BCUT2D eigenvalue weighted by Crippen LogP contribution is -2.21. The molecule has 1 aromatic carbocycles. The molecule has 0 atom stereocenters. The molecule has 0 spiro atoms. The second kappa shape index (κ2) is 8.34. The second-order valence-corrected chi connectivity index (χ2v) is 6.65. The van der Waals surface area contributed by atoms with Crippen molar-refractivity contribution in [2.45, 2.75) is 11.9 Å². The number of pyridine rings is 1. The average molecular weight is 412 g/mol. The summed E-state index contributed by atoms with van der Waals surface area (Å²) in [5.74, 6) is -1.64. The lowest BCUT2D eigenvalue weighted by Gasteiger charge is -2.11. The van der Waals surface area contributed by atoms with Gasteiger partial charge < -0.3 is 0 Å². The third-order valence-electron chi connectivity index (χ3n) is 2.98. The molecule has 0 aliphatic carbocycles. The van der Waals surface area contributed by atoms with Gasteiger partial charge in [-0.15, -0.1) is 12.4 Å². The summed E-state index contributed by atoms with van der Waals surface area (Å²) in [6, 6.07) is 6.27. The molecular formula is C14H13ClF3N3O4S. The molecule has 0 bridgehead atoms. The number of anilines is 1. The molecule has 142 valence electrons. The minimum absolute atomic E-state index is 0. The molecule has 2 aromatic rings. The van der Waals surface area contributed by atoms with E-state index in [1.807, 2.05) is 0 Å². The number of carbonyl (C=O) groups is 1. The summed E-state index contributed by atoms with van der Waals surface area (Å²) in [6.45, 7) is 0. The lowest BCUT2D eigenvalue weighted by molar-refractivity contribution is -0.137. The van der Waals surface area contributed by atoms with E-state index >= 15 is 0 Å². The zero-order valence-electron chi connectivity index (χ0n) is 12.8. The first-order valence-electron chi connectivity index (χ1n) is 6.68. The highest BCUT2D eigenvalue weighted by molar-refractivity contribution is 7.91. The Kier molecular flexibility index (Phi) is 6.95. The normalized spacial score (nSPS) is 11.4. The van der Waals surface area contributed by atoms with E-state index in [-0.39, 0.29) is 29.4 Å². The van der Waals surface area contributed by atoms with Crippen LogP contribution in [-0.4, -0.2) is 24.5 Å². The predicted molar refractivity (Wildman–Crippen MR) is 88.4 cm³/mol. The molecule has 12 heteroatoms. The highest BCUT2D eigenvalue weighted by Gasteiger charge is 2.30. The minimum Gasteiger partial charge on any atom is -0.288 e. The van der Waals surface area contributed by atoms with Crippen molar-refractivity contribution in [2.75, 3.05) is 4.72 Å². The van der Waals surface area contributed by atoms with Crippen molar-refractivity contribution in [3.05, 3.63) is 59.4 Å². The standard InChI is InChI=1S/C14H12F3N3O4S.ClH/c15-14(16,17)10-3-1-2-9(6-10)8-25(23,24)20-11-4-5-18-12(7-11)13(21)19-22;/h1-7,22H,8H2,(H,18,20)(H,19,21);1H. The number of halogens is 4. The molecule has 1 aromatic heterocycles. The van der Waals surface area contributed by atoms with Gasteiger partial charge in [0.25, 0.3) is 5.91 Å². The molecule has 7 nitrogen and oxygen atoms in total. The SMILES string of the molecule is Cl.O=C(NO)c1cc(NS(=O)(=O)Cc2cccc(C(F)(F)F)c2)ccn1. The Labute approximate surface area is 152 Å². The van der Waals surface area contributed by atoms with Crippen molar-refractivity contribution in [3.8, 4) is 0 Å². The fourth-order valence-electron chi connectivity index (χ4n) is 1.95. The van der Waals surface area contributed by atoms with Crippen LogP contribution in [0.5, 0.6) is 0 Å². The van der Waals surface area contributed by atoms with Crippen LogP contribution in [-0.2, 0) is 22.0 Å². The molecule has 2 rings (SSSR count). The summed E-state index contributed by atoms with van der Waals surface area (Å²) in [4.78, 5) is 14.9. The van der Waals surface area contributed by atoms with Gasteiger partial charge in [-0.3, -0.25) is 19.7 Å². The van der Waals surface area contributed by atoms with E-state index in [2.05, 4.69) is 9.71 Å². The first kappa shape index (κ1) is 21.7. The van der Waals surface area contributed by atoms with Crippen molar-refractivity contribution in [1.29, 1.82) is 0 Å². The maximum absolute atomic E-state index is 12.7. The molecule has 0 fully saturated rings. The van der Waals surface area contributed by atoms with E-state index in [0.29, 0.717) is 0 Å². The van der Waals surface area contributed by atoms with E-state index in [1.165, 1.54) is 17.6 Å². The van der Waals surface area contributed by atoms with Crippen LogP contribution in [0.1, 0.15) is 21.6 Å². The minimum atomic E-state index is -4.58. The summed E-state index contributed by atoms with van der Waals surface area (Å²) in [7, 11) is -4.04. The van der Waals surface area contributed by atoms with Gasteiger partial charge in [0.15, 0.2) is 0 Å². The smallest absolute Gasteiger partial charge is 0.288 e. The summed E-state index contributed by atoms with van der Waals surface area (Å²) in [6.07, 6.45) is -3.45. The van der Waals surface area contributed by atoms with Gasteiger partial charge in [-0.2, -0.15) is 13.2 Å². The van der Waals surface area contributed by atoms with E-state index < -0.39 is 33.4 Å². The van der Waals surface area contributed by atoms with Crippen molar-refractivity contribution < 1.29 is 31.6 Å². The summed E-state index contributed by atoms with van der Waals surface area (Å²) >= 11 is 0. The zero-order chi connectivity index (χ0) is 18.7. The van der Waals surface area contributed by atoms with Crippen LogP contribution < -0.4 is 10.2 Å². The van der Waals surface area contributed by atoms with Crippen LogP contribution in [0.15, 0.2) is 42.6 Å². The van der Waals surface area contributed by atoms with Crippen molar-refractivity contribution in [3.63, 3.8) is 0 Å². The zero-order valence-corrected chi connectivity index (χ0v) is 14.5. The summed E-state index contributed by atoms with van der Waals surface area (Å²) in [5, 5.41) is 8.53. The summed E-state index contributed by atoms with van der Waals surface area (Å²) in [5.41, 5.74) is 0.0667. The molecule has 0 aliphatic heterocycles. The van der Waals surface area contributed by atoms with E-state index in [9.17, 15) is 26.4 Å². The molecule has 0 saturated carbocycles. The number of carbonyl (C=O) groups excluding carboxylic acids is 1. The number of nitrogens with zero attached hydrogens (tertiary/aromatic N) is 1. The molecule has 1 amide bonds. The first-order chi connectivity index (χ1) is 11.6. The van der Waals surface area contributed by atoms with Crippen molar-refractivity contribution >= 4 is 34.0 Å². The second-order valence-electron chi connectivity index (χ2n) is 4.93. The lowest BCUT2D eigenvalue weighted by atomic mass is 10.1. The Morgan fingerprint density at radius 2 is 1.88 bits per heavy atom. The Morgan fingerprint density at radius 1 is 1.19 bits per heavy atom. The van der Waals surface area contributed by atoms with Crippen LogP contribution >= 0.6 is 12.4 Å². The number of benzene rings is 1. The van der Waals surface area contributed by atoms with Crippen LogP contribution in [0.25, 0.3) is 0 Å². The molecule has 0 unspecified atom stereocenters. The number of nitrogens with one attached hydrogen (secondary N) is 2. The Hall–Kier alpha value is -2.37. The number of amides is 1. The monoisotopic (exact) mass is 411 g/mol. The number of alkyl halides is 3. The first-order valence-corrected chi connectivity index (χ1v) is 8.33. The van der Waals surface area contributed by atoms with E-state index in [0.717, 1.165) is 30.5 Å². The number of hydrogen-bond acceptors (Lipinski definition) is 5. The van der Waals surface area contributed by atoms with Gasteiger partial charge in [0.1, 0.15) is 5.69 Å². The van der Waals surface area contributed by atoms with Crippen LogP contribution in [0.2, 0.25) is 0 Å². The van der Waals surface area contributed by atoms with Crippen LogP contribution in [0.3, 0.4) is 0 Å². The predicted octanol–water partition coefficient (Wildman–Crippen LogP) is 2.58. The number of rotatable bonds is 5. The van der Waals surface area contributed by atoms with Gasteiger partial charge in [0.2, 0.25) is 10.0 Å². The molecule has 0 radical (unpaired) electrons. The van der Waals surface area contributed by atoms with Gasteiger partial charge >= 0.3 is 6.18 Å². The number of hydrogen-bond donors (Lipinski definition) is 3. The average Bonchev–Trinajstić information content (AvgIpc) is 2.52. The molecule has 0 saturated heterocycles. The Morgan fingerprint density at radius 3 is 2.50 bits per heavy atom. The third-order valence-corrected chi connectivity index (χ3v) is 4.24. The molecular weight excluding hydrogens is 399 g/mol. The van der Waals surface area contributed by atoms with Gasteiger partial charge in [-0.05, 0) is 23.8 Å². The molecule has 1 heterocycles. The molecule has 0 aliphatic rings. The maximum Gasteiger partial charge on any atom is 0.416 e. The number of aromatic nitrogens is 1. The maximum atomic E-state index is 12.7. The van der Waals surface area contributed by atoms with Gasteiger partial charge in [0.05, 0.1) is 17.0 Å². The van der Waals surface area contributed by atoms with E-state index in [1.54, 1.807) is 0 Å². The Balaban J connectivity index is 0.00000338. The van der Waals surface area contributed by atoms with Crippen molar-refractivity contribution in [2.24, 2.45) is 0 Å². The highest BCUT2D eigenvalue weighted by Crippen LogP contribution is 2.30. The van der Waals surface area contributed by atoms with Gasteiger partial charge in [0, 0.05) is 6.20 Å². The van der Waals surface area contributed by atoms with E-state index in [4.69, 9.17) is 5.21 Å². The Bertz CT molecular complexity index is 891. The van der Waals surface area contributed by atoms with Crippen LogP contribution in [0.4, 0.5) is 18.9 Å². The highest BCUT2D eigenvalue weighted by atomic mass is 35.5. The summed E-state index contributed by atoms with van der Waals surface area (Å²) < 4.78 is 64.4. The molecule has 3 N–H and O–H groups in total. The fraction of sp³-hybridized carbons (Fsp3) is 0.143. The van der Waals surface area contributed by atoms with Gasteiger partial charge in [-0.1, -0.05) is 18.2 Å². The third kappa shape index (κ3) is 5.86. The fourth-order valence-corrected chi connectivity index (χ4v) is 3.12. The number of sulfonamides is 1. The molecule has 26 heavy (non-hydrogen) atoms. The van der Waals surface area contributed by atoms with Crippen molar-refractivity contribution in [1.82, 2.24) is 10.5 Å². The quantitative estimate of drug-likeness (QED) is 0.517. The topological polar surface area (TPSA) is 108 Å². The van der Waals surface area contributed by atoms with Gasteiger partial charge in [-0.25, -0.2) is 13.9 Å². The van der Waals surface area contributed by atoms with Crippen LogP contribution in [0, 0.1) is 0 Å². The largest absolute Gasteiger partial charge is 0.416 e. The number of hydroxylamine groups is 1.